The molecule has 0 spiro atoms. The first-order chi connectivity index (χ1) is 29.7. The highest BCUT2D eigenvalue weighted by atomic mass is 14.9. The summed E-state index contributed by atoms with van der Waals surface area (Å²) in [7, 11) is 0. The lowest BCUT2D eigenvalue weighted by molar-refractivity contribution is 1.24. The van der Waals surface area contributed by atoms with E-state index >= 15 is 0 Å². The van der Waals surface area contributed by atoms with Crippen LogP contribution in [0.25, 0.3) is 111 Å². The first kappa shape index (κ1) is 35.2. The van der Waals surface area contributed by atoms with Crippen molar-refractivity contribution in [2.45, 2.75) is 0 Å². The van der Waals surface area contributed by atoms with E-state index in [0.717, 1.165) is 55.4 Å². The highest BCUT2D eigenvalue weighted by molar-refractivity contribution is 6.10. The van der Waals surface area contributed by atoms with Crippen molar-refractivity contribution in [2.24, 2.45) is 0 Å². The highest BCUT2D eigenvalue weighted by Crippen LogP contribution is 2.38. The number of aromatic nitrogens is 2. The van der Waals surface area contributed by atoms with E-state index in [9.17, 15) is 0 Å². The lowest BCUT2D eigenvalue weighted by Crippen LogP contribution is -1.96. The molecule has 2 heteroatoms. The lowest BCUT2D eigenvalue weighted by Gasteiger charge is -2.14. The second-order valence-electron chi connectivity index (χ2n) is 15.4. The Hall–Kier alpha value is -7.94. The van der Waals surface area contributed by atoms with E-state index in [4.69, 9.17) is 9.97 Å². The van der Waals surface area contributed by atoms with Crippen LogP contribution >= 0.6 is 0 Å². The fraction of sp³-hybridized carbons (Fsp3) is 0. The van der Waals surface area contributed by atoms with Gasteiger partial charge in [0.25, 0.3) is 0 Å². The molecule has 11 rings (SSSR count). The molecule has 10 aromatic carbocycles. The van der Waals surface area contributed by atoms with Gasteiger partial charge in [-0.15, -0.1) is 0 Å². The number of hydrogen-bond acceptors (Lipinski definition) is 2. The molecule has 2 nitrogen and oxygen atoms in total. The van der Waals surface area contributed by atoms with E-state index in [1.165, 1.54) is 55.3 Å². The molecule has 1 heterocycles. The van der Waals surface area contributed by atoms with Crippen LogP contribution in [0.4, 0.5) is 0 Å². The van der Waals surface area contributed by atoms with Gasteiger partial charge in [0.2, 0.25) is 0 Å². The minimum Gasteiger partial charge on any atom is -0.227 e. The number of nitrogens with zero attached hydrogens (tertiary/aromatic N) is 2. The van der Waals surface area contributed by atoms with Crippen LogP contribution in [-0.4, -0.2) is 9.97 Å². The average Bonchev–Trinajstić information content (AvgIpc) is 3.34. The molecule has 0 aliphatic carbocycles. The molecule has 0 aliphatic heterocycles. The fourth-order valence-corrected chi connectivity index (χ4v) is 8.53. The monoisotopic (exact) mass is 762 g/mol. The molecule has 0 amide bonds. The Balaban J connectivity index is 0.991. The van der Waals surface area contributed by atoms with Crippen molar-refractivity contribution in [1.29, 1.82) is 0 Å². The van der Waals surface area contributed by atoms with E-state index in [2.05, 4.69) is 231 Å². The van der Waals surface area contributed by atoms with Gasteiger partial charge in [0, 0.05) is 21.9 Å². The molecule has 0 N–H and O–H groups in total. The summed E-state index contributed by atoms with van der Waals surface area (Å²) >= 11 is 0. The molecular weight excluding hydrogens is 725 g/mol. The molecule has 0 saturated heterocycles. The van der Waals surface area contributed by atoms with Gasteiger partial charge in [0.1, 0.15) is 0 Å². The Labute approximate surface area is 349 Å². The zero-order valence-corrected chi connectivity index (χ0v) is 32.8. The second-order valence-corrected chi connectivity index (χ2v) is 15.4. The maximum atomic E-state index is 5.33. The SMILES string of the molecule is c1ccc(-c2cc(-c3ccccc3)cc(-c3cccc(-c4cccc(-c5cccc(-c6nc(-c7ccc8ccccc8c7)nc7c6ccc6ccccc67)c5)c4)c3)c2)cc1. The maximum Gasteiger partial charge on any atom is 0.160 e. The highest BCUT2D eigenvalue weighted by Gasteiger charge is 2.16. The Kier molecular flexibility index (Phi) is 8.87. The van der Waals surface area contributed by atoms with Crippen LogP contribution in [0.15, 0.2) is 231 Å². The summed E-state index contributed by atoms with van der Waals surface area (Å²) < 4.78 is 0. The molecule has 0 radical (unpaired) electrons. The molecule has 0 aliphatic rings. The molecule has 280 valence electrons. The number of fused-ring (bicyclic) bond motifs is 4. The van der Waals surface area contributed by atoms with Crippen molar-refractivity contribution >= 4 is 32.4 Å². The molecule has 11 aromatic rings. The molecule has 0 saturated carbocycles. The van der Waals surface area contributed by atoms with Crippen molar-refractivity contribution in [3.05, 3.63) is 231 Å². The average molecular weight is 763 g/mol. The van der Waals surface area contributed by atoms with Gasteiger partial charge in [-0.2, -0.15) is 0 Å². The first-order valence-corrected chi connectivity index (χ1v) is 20.5. The van der Waals surface area contributed by atoms with Gasteiger partial charge in [-0.1, -0.05) is 182 Å². The zero-order chi connectivity index (χ0) is 39.8. The minimum absolute atomic E-state index is 0.720. The first-order valence-electron chi connectivity index (χ1n) is 20.5. The van der Waals surface area contributed by atoms with E-state index in [-0.39, 0.29) is 0 Å². The molecular formula is C58H38N2. The molecule has 1 aromatic heterocycles. The molecule has 60 heavy (non-hydrogen) atoms. The van der Waals surface area contributed by atoms with Gasteiger partial charge in [0.05, 0.1) is 11.2 Å². The minimum atomic E-state index is 0.720. The normalized spacial score (nSPS) is 11.3. The summed E-state index contributed by atoms with van der Waals surface area (Å²) in [5.74, 6) is 0.720. The fourth-order valence-electron chi connectivity index (χ4n) is 8.53. The van der Waals surface area contributed by atoms with Gasteiger partial charge < -0.3 is 0 Å². The van der Waals surface area contributed by atoms with E-state index < -0.39 is 0 Å². The van der Waals surface area contributed by atoms with Crippen LogP contribution in [-0.2, 0) is 0 Å². The molecule has 0 unspecified atom stereocenters. The zero-order valence-electron chi connectivity index (χ0n) is 32.8. The summed E-state index contributed by atoms with van der Waals surface area (Å²) in [6.45, 7) is 0. The Morgan fingerprint density at radius 1 is 0.217 bits per heavy atom. The number of hydrogen-bond donors (Lipinski definition) is 0. The standard InChI is InChI=1S/C58H38N2/c1-3-14-39(15-4-1)51-36-52(40-16-5-2-6-17-40)38-53(37-51)48-25-12-23-46(33-48)44-21-11-22-45(32-44)47-24-13-26-49(34-47)56-55-31-30-42-19-9-10-27-54(42)57(55)60-58(59-56)50-29-28-41-18-7-8-20-43(41)35-50/h1-38H. The number of rotatable bonds is 7. The van der Waals surface area contributed by atoms with Crippen LogP contribution in [0.1, 0.15) is 0 Å². The summed E-state index contributed by atoms with van der Waals surface area (Å²) in [5, 5.41) is 5.68. The van der Waals surface area contributed by atoms with E-state index in [0.29, 0.717) is 0 Å². The van der Waals surface area contributed by atoms with Crippen molar-refractivity contribution in [1.82, 2.24) is 9.97 Å². The predicted octanol–water partition coefficient (Wildman–Crippen LogP) is 15.6. The Bertz CT molecular complexity index is 3310. The van der Waals surface area contributed by atoms with Crippen LogP contribution < -0.4 is 0 Å². The van der Waals surface area contributed by atoms with Gasteiger partial charge in [-0.3, -0.25) is 0 Å². The molecule has 0 fully saturated rings. The van der Waals surface area contributed by atoms with Crippen LogP contribution in [0.5, 0.6) is 0 Å². The molecule has 0 atom stereocenters. The summed E-state index contributed by atoms with van der Waals surface area (Å²) in [6, 6.07) is 82.6. The van der Waals surface area contributed by atoms with Crippen molar-refractivity contribution in [3.8, 4) is 78.3 Å². The van der Waals surface area contributed by atoms with Gasteiger partial charge >= 0.3 is 0 Å². The van der Waals surface area contributed by atoms with Crippen LogP contribution in [0.2, 0.25) is 0 Å². The third-order valence-corrected chi connectivity index (χ3v) is 11.6. The van der Waals surface area contributed by atoms with Gasteiger partial charge in [0.15, 0.2) is 5.82 Å². The van der Waals surface area contributed by atoms with Crippen LogP contribution in [0, 0.1) is 0 Å². The lowest BCUT2D eigenvalue weighted by atomic mass is 9.91. The molecule has 0 bridgehead atoms. The quantitative estimate of drug-likeness (QED) is 0.151. The predicted molar refractivity (Wildman–Crippen MR) is 253 cm³/mol. The number of benzene rings is 10. The topological polar surface area (TPSA) is 25.8 Å². The summed E-state index contributed by atoms with van der Waals surface area (Å²) in [5.41, 5.74) is 15.7. The van der Waals surface area contributed by atoms with Crippen molar-refractivity contribution < 1.29 is 0 Å². The summed E-state index contributed by atoms with van der Waals surface area (Å²) in [4.78, 5) is 10.6. The Morgan fingerprint density at radius 2 is 0.650 bits per heavy atom. The maximum absolute atomic E-state index is 5.33. The van der Waals surface area contributed by atoms with Crippen molar-refractivity contribution in [2.75, 3.05) is 0 Å². The van der Waals surface area contributed by atoms with E-state index in [1.807, 2.05) is 0 Å². The Morgan fingerprint density at radius 3 is 1.27 bits per heavy atom. The van der Waals surface area contributed by atoms with Gasteiger partial charge in [-0.05, 0) is 120 Å². The van der Waals surface area contributed by atoms with Crippen LogP contribution in [0.3, 0.4) is 0 Å². The van der Waals surface area contributed by atoms with Crippen molar-refractivity contribution in [3.63, 3.8) is 0 Å². The summed E-state index contributed by atoms with van der Waals surface area (Å²) in [6.07, 6.45) is 0. The second kappa shape index (κ2) is 15.1. The van der Waals surface area contributed by atoms with E-state index in [1.54, 1.807) is 0 Å². The largest absolute Gasteiger partial charge is 0.227 e. The third kappa shape index (κ3) is 6.70. The van der Waals surface area contributed by atoms with Gasteiger partial charge in [-0.25, -0.2) is 9.97 Å². The third-order valence-electron chi connectivity index (χ3n) is 11.6. The smallest absolute Gasteiger partial charge is 0.160 e.